The van der Waals surface area contributed by atoms with Crippen LogP contribution in [0.25, 0.3) is 17.0 Å². The number of nitrogens with zero attached hydrogens (tertiary/aromatic N) is 2. The number of aromatic nitrogens is 1. The predicted octanol–water partition coefficient (Wildman–Crippen LogP) is 4.16. The molecule has 0 atom stereocenters. The second kappa shape index (κ2) is 7.60. The van der Waals surface area contributed by atoms with E-state index in [1.165, 1.54) is 0 Å². The summed E-state index contributed by atoms with van der Waals surface area (Å²) in [4.78, 5) is 38.7. The number of carbonyl (C=O) groups excluding carboxylic acids is 3. The number of nitrogens with one attached hydrogen (secondary N) is 1. The maximum absolute atomic E-state index is 12.7. The molecule has 29 heavy (non-hydrogen) atoms. The van der Waals surface area contributed by atoms with Crippen LogP contribution in [0.2, 0.25) is 0 Å². The number of hydrogen-bond donors (Lipinski definition) is 1. The molecular weight excluding hydrogens is 386 g/mol. The molecular formula is C22H19N3O3S. The Bertz CT molecular complexity index is 1180. The van der Waals surface area contributed by atoms with Gasteiger partial charge in [0, 0.05) is 35.4 Å². The quantitative estimate of drug-likeness (QED) is 0.662. The highest BCUT2D eigenvalue weighted by Gasteiger charge is 2.36. The van der Waals surface area contributed by atoms with Crippen LogP contribution in [0.5, 0.6) is 0 Å². The van der Waals surface area contributed by atoms with Crippen molar-refractivity contribution >= 4 is 51.5 Å². The van der Waals surface area contributed by atoms with E-state index in [4.69, 9.17) is 0 Å². The van der Waals surface area contributed by atoms with Gasteiger partial charge < -0.3 is 9.88 Å². The normalized spacial score (nSPS) is 15.5. The molecule has 2 aromatic carbocycles. The Morgan fingerprint density at radius 1 is 1.14 bits per heavy atom. The fourth-order valence-electron chi connectivity index (χ4n) is 3.33. The Hall–Kier alpha value is -3.32. The van der Waals surface area contributed by atoms with Crippen molar-refractivity contribution in [3.63, 3.8) is 0 Å². The van der Waals surface area contributed by atoms with Gasteiger partial charge in [-0.3, -0.25) is 19.3 Å². The van der Waals surface area contributed by atoms with Gasteiger partial charge in [0.2, 0.25) is 5.91 Å². The minimum Gasteiger partial charge on any atom is -0.350 e. The summed E-state index contributed by atoms with van der Waals surface area (Å²) in [7, 11) is 1.93. The number of thioether (sulfide) groups is 1. The van der Waals surface area contributed by atoms with Crippen molar-refractivity contribution in [3.8, 4) is 0 Å². The Morgan fingerprint density at radius 3 is 2.72 bits per heavy atom. The maximum Gasteiger partial charge on any atom is 0.294 e. The van der Waals surface area contributed by atoms with E-state index in [1.54, 1.807) is 12.1 Å². The Balaban J connectivity index is 1.52. The summed E-state index contributed by atoms with van der Waals surface area (Å²) in [6.45, 7) is 1.61. The number of anilines is 1. The van der Waals surface area contributed by atoms with Crippen molar-refractivity contribution in [2.45, 2.75) is 6.92 Å². The zero-order chi connectivity index (χ0) is 20.5. The van der Waals surface area contributed by atoms with E-state index >= 15 is 0 Å². The van der Waals surface area contributed by atoms with Crippen LogP contribution in [0.3, 0.4) is 0 Å². The molecule has 7 heteroatoms. The van der Waals surface area contributed by atoms with E-state index in [-0.39, 0.29) is 6.54 Å². The molecule has 146 valence electrons. The third-order valence-corrected chi connectivity index (χ3v) is 5.60. The first-order chi connectivity index (χ1) is 13.9. The number of aryl methyl sites for hydroxylation is 2. The van der Waals surface area contributed by atoms with Gasteiger partial charge in [-0.1, -0.05) is 30.3 Å². The van der Waals surface area contributed by atoms with Crippen LogP contribution in [-0.2, 0) is 16.6 Å². The van der Waals surface area contributed by atoms with Crippen molar-refractivity contribution in [2.75, 3.05) is 11.9 Å². The molecule has 6 nitrogen and oxygen atoms in total. The Labute approximate surface area is 172 Å². The topological polar surface area (TPSA) is 71.4 Å². The van der Waals surface area contributed by atoms with Crippen molar-refractivity contribution in [1.82, 2.24) is 9.47 Å². The number of amides is 3. The molecule has 0 bridgehead atoms. The van der Waals surface area contributed by atoms with Crippen molar-refractivity contribution < 1.29 is 14.4 Å². The lowest BCUT2D eigenvalue weighted by Crippen LogP contribution is -2.36. The van der Waals surface area contributed by atoms with Gasteiger partial charge >= 0.3 is 0 Å². The number of hydrogen-bond acceptors (Lipinski definition) is 4. The third kappa shape index (κ3) is 3.82. The molecule has 4 rings (SSSR count). The van der Waals surface area contributed by atoms with Gasteiger partial charge in [0.15, 0.2) is 0 Å². The van der Waals surface area contributed by atoms with Gasteiger partial charge in [-0.25, -0.2) is 0 Å². The van der Waals surface area contributed by atoms with Crippen LogP contribution < -0.4 is 5.32 Å². The summed E-state index contributed by atoms with van der Waals surface area (Å²) < 4.78 is 1.97. The zero-order valence-electron chi connectivity index (χ0n) is 16.0. The van der Waals surface area contributed by atoms with E-state index < -0.39 is 17.1 Å². The van der Waals surface area contributed by atoms with Crippen LogP contribution in [0, 0.1) is 6.92 Å². The van der Waals surface area contributed by atoms with Crippen LogP contribution >= 0.6 is 11.8 Å². The van der Waals surface area contributed by atoms with Gasteiger partial charge in [-0.05, 0) is 48.5 Å². The van der Waals surface area contributed by atoms with Crippen LogP contribution in [0.4, 0.5) is 10.5 Å². The lowest BCUT2D eigenvalue weighted by molar-refractivity contribution is -0.127. The molecule has 1 aromatic heterocycles. The molecule has 1 fully saturated rings. The number of para-hydroxylation sites is 1. The van der Waals surface area contributed by atoms with Crippen LogP contribution in [0.1, 0.15) is 11.1 Å². The maximum atomic E-state index is 12.7. The summed E-state index contributed by atoms with van der Waals surface area (Å²) in [6, 6.07) is 15.2. The molecule has 0 aliphatic carbocycles. The van der Waals surface area contributed by atoms with Crippen LogP contribution in [-0.4, -0.2) is 33.1 Å². The molecule has 1 saturated heterocycles. The monoisotopic (exact) mass is 405 g/mol. The minimum absolute atomic E-state index is 0.314. The number of benzene rings is 2. The van der Waals surface area contributed by atoms with E-state index in [9.17, 15) is 14.4 Å². The molecule has 1 aliphatic heterocycles. The van der Waals surface area contributed by atoms with E-state index in [1.807, 2.05) is 67.2 Å². The molecule has 2 heterocycles. The highest BCUT2D eigenvalue weighted by Crippen LogP contribution is 2.33. The number of imide groups is 1. The second-order valence-corrected chi connectivity index (χ2v) is 7.89. The third-order valence-electron chi connectivity index (χ3n) is 4.69. The first-order valence-electron chi connectivity index (χ1n) is 9.08. The SMILES string of the molecule is Cc1cccc(NC(=O)CN2C(=O)S/C(=C/c3cn(C)c4ccccc34)C2=O)c1. The summed E-state index contributed by atoms with van der Waals surface area (Å²) in [6.07, 6.45) is 3.63. The molecule has 0 unspecified atom stereocenters. The largest absolute Gasteiger partial charge is 0.350 e. The Morgan fingerprint density at radius 2 is 1.93 bits per heavy atom. The lowest BCUT2D eigenvalue weighted by Gasteiger charge is -2.12. The smallest absolute Gasteiger partial charge is 0.294 e. The summed E-state index contributed by atoms with van der Waals surface area (Å²) in [5.74, 6) is -0.864. The highest BCUT2D eigenvalue weighted by atomic mass is 32.2. The number of rotatable bonds is 4. The van der Waals surface area contributed by atoms with E-state index in [0.29, 0.717) is 10.6 Å². The van der Waals surface area contributed by atoms with Gasteiger partial charge in [-0.2, -0.15) is 0 Å². The minimum atomic E-state index is -0.452. The highest BCUT2D eigenvalue weighted by molar-refractivity contribution is 8.18. The summed E-state index contributed by atoms with van der Waals surface area (Å²) in [5, 5.41) is 3.28. The molecule has 3 amide bonds. The Kier molecular flexibility index (Phi) is 4.98. The average molecular weight is 405 g/mol. The standard InChI is InChI=1S/C22H19N3O3S/c1-14-6-5-7-16(10-14)23-20(26)13-25-21(27)19(29-22(25)28)11-15-12-24(2)18-9-4-3-8-17(15)18/h3-12H,13H2,1-2H3,(H,23,26)/b19-11+. The van der Waals surface area contributed by atoms with Gasteiger partial charge in [0.1, 0.15) is 6.54 Å². The average Bonchev–Trinajstić information content (AvgIpc) is 3.13. The van der Waals surface area contributed by atoms with Gasteiger partial charge in [0.25, 0.3) is 11.1 Å². The van der Waals surface area contributed by atoms with E-state index in [0.717, 1.165) is 38.7 Å². The fraction of sp³-hybridized carbons (Fsp3) is 0.136. The number of fused-ring (bicyclic) bond motifs is 1. The number of carbonyl (C=O) groups is 3. The van der Waals surface area contributed by atoms with Crippen LogP contribution in [0.15, 0.2) is 59.6 Å². The molecule has 0 radical (unpaired) electrons. The first kappa shape index (κ1) is 19.0. The summed E-state index contributed by atoms with van der Waals surface area (Å²) in [5.41, 5.74) is 3.54. The fourth-order valence-corrected chi connectivity index (χ4v) is 4.16. The van der Waals surface area contributed by atoms with Gasteiger partial charge in [-0.15, -0.1) is 0 Å². The van der Waals surface area contributed by atoms with Crippen molar-refractivity contribution in [2.24, 2.45) is 7.05 Å². The molecule has 1 N–H and O–H groups in total. The predicted molar refractivity (Wildman–Crippen MR) is 115 cm³/mol. The molecule has 3 aromatic rings. The zero-order valence-corrected chi connectivity index (χ0v) is 16.8. The van der Waals surface area contributed by atoms with Crippen molar-refractivity contribution in [1.29, 1.82) is 0 Å². The second-order valence-electron chi connectivity index (χ2n) is 6.90. The lowest BCUT2D eigenvalue weighted by atomic mass is 10.1. The van der Waals surface area contributed by atoms with Gasteiger partial charge in [0.05, 0.1) is 4.91 Å². The van der Waals surface area contributed by atoms with E-state index in [2.05, 4.69) is 5.32 Å². The first-order valence-corrected chi connectivity index (χ1v) is 9.90. The van der Waals surface area contributed by atoms with Crippen molar-refractivity contribution in [3.05, 3.63) is 70.8 Å². The summed E-state index contributed by atoms with van der Waals surface area (Å²) >= 11 is 0.854. The molecule has 1 aliphatic rings. The molecule has 0 saturated carbocycles. The molecule has 0 spiro atoms.